The van der Waals surface area contributed by atoms with E-state index in [1.807, 2.05) is 13.1 Å². The van der Waals surface area contributed by atoms with E-state index in [2.05, 4.69) is 10.4 Å². The SMILES string of the molecule is Cc1cnn([C@H]2[C@@H]3OC[C@@H](O3)[C@@H](NCC3CCCCC3)[C@@H]2O)c1. The quantitative estimate of drug-likeness (QED) is 0.877. The zero-order valence-corrected chi connectivity index (χ0v) is 13.7. The number of ether oxygens (including phenoxy) is 2. The lowest BCUT2D eigenvalue weighted by Gasteiger charge is -2.39. The molecule has 0 spiro atoms. The van der Waals surface area contributed by atoms with Crippen LogP contribution in [0.3, 0.4) is 0 Å². The number of nitrogens with one attached hydrogen (secondary N) is 1. The van der Waals surface area contributed by atoms with Crippen LogP contribution in [0.2, 0.25) is 0 Å². The van der Waals surface area contributed by atoms with Crippen LogP contribution in [0.15, 0.2) is 12.4 Å². The van der Waals surface area contributed by atoms with Gasteiger partial charge in [-0.2, -0.15) is 5.10 Å². The number of hydrogen-bond acceptors (Lipinski definition) is 5. The Labute approximate surface area is 137 Å². The van der Waals surface area contributed by atoms with Crippen molar-refractivity contribution in [1.82, 2.24) is 15.1 Å². The third kappa shape index (κ3) is 3.05. The van der Waals surface area contributed by atoms with Crippen LogP contribution in [0, 0.1) is 12.8 Å². The molecule has 2 bridgehead atoms. The predicted octanol–water partition coefficient (Wildman–Crippen LogP) is 1.39. The van der Waals surface area contributed by atoms with Crippen LogP contribution in [-0.2, 0) is 9.47 Å². The molecule has 0 amide bonds. The van der Waals surface area contributed by atoms with Gasteiger partial charge < -0.3 is 19.9 Å². The first-order chi connectivity index (χ1) is 11.2. The van der Waals surface area contributed by atoms with Crippen molar-refractivity contribution >= 4 is 0 Å². The lowest BCUT2D eigenvalue weighted by Crippen LogP contribution is -2.58. The minimum absolute atomic E-state index is 0.0634. The fourth-order valence-corrected chi connectivity index (χ4v) is 4.22. The molecule has 2 saturated heterocycles. The van der Waals surface area contributed by atoms with Crippen LogP contribution >= 0.6 is 0 Å². The van der Waals surface area contributed by atoms with Crippen LogP contribution in [0.4, 0.5) is 0 Å². The standard InChI is InChI=1S/C17H27N3O3/c1-11-7-19-20(9-11)15-16(21)14(13-10-22-17(15)23-13)18-8-12-5-3-2-4-6-12/h7,9,12-18,21H,2-6,8,10H2,1H3/t13-,14-,15-,16+,17-/m1/s1. The van der Waals surface area contributed by atoms with Crippen molar-refractivity contribution in [2.45, 2.75) is 69.6 Å². The number of nitrogens with zero attached hydrogens (tertiary/aromatic N) is 2. The second kappa shape index (κ2) is 6.51. The van der Waals surface area contributed by atoms with E-state index in [1.54, 1.807) is 10.9 Å². The fourth-order valence-electron chi connectivity index (χ4n) is 4.22. The molecule has 1 aliphatic carbocycles. The van der Waals surface area contributed by atoms with Gasteiger partial charge in [-0.05, 0) is 37.8 Å². The minimum atomic E-state index is -0.552. The number of rotatable bonds is 4. The van der Waals surface area contributed by atoms with Gasteiger partial charge in [-0.15, -0.1) is 0 Å². The molecule has 5 atom stereocenters. The molecule has 1 aromatic rings. The summed E-state index contributed by atoms with van der Waals surface area (Å²) >= 11 is 0. The molecule has 0 aromatic carbocycles. The maximum absolute atomic E-state index is 10.9. The molecule has 3 aliphatic rings. The molecule has 6 heteroatoms. The van der Waals surface area contributed by atoms with Gasteiger partial charge >= 0.3 is 0 Å². The van der Waals surface area contributed by atoms with Gasteiger partial charge in [-0.3, -0.25) is 4.68 Å². The van der Waals surface area contributed by atoms with Gasteiger partial charge in [-0.25, -0.2) is 0 Å². The average Bonchev–Trinajstić information content (AvgIpc) is 3.17. The topological polar surface area (TPSA) is 68.5 Å². The minimum Gasteiger partial charge on any atom is -0.389 e. The third-order valence-corrected chi connectivity index (χ3v) is 5.53. The first-order valence-corrected chi connectivity index (χ1v) is 8.91. The smallest absolute Gasteiger partial charge is 0.183 e. The Morgan fingerprint density at radius 3 is 2.91 bits per heavy atom. The summed E-state index contributed by atoms with van der Waals surface area (Å²) < 4.78 is 13.5. The fraction of sp³-hybridized carbons (Fsp3) is 0.824. The number of hydrogen-bond donors (Lipinski definition) is 2. The highest BCUT2D eigenvalue weighted by molar-refractivity contribution is 5.05. The van der Waals surface area contributed by atoms with Gasteiger partial charge in [0, 0.05) is 6.20 Å². The highest BCUT2D eigenvalue weighted by Crippen LogP contribution is 2.35. The summed E-state index contributed by atoms with van der Waals surface area (Å²) in [4.78, 5) is 0. The zero-order valence-electron chi connectivity index (χ0n) is 13.7. The molecular weight excluding hydrogens is 294 g/mol. The predicted molar refractivity (Wildman–Crippen MR) is 85.0 cm³/mol. The van der Waals surface area contributed by atoms with Gasteiger partial charge in [0.25, 0.3) is 0 Å². The summed E-state index contributed by atoms with van der Waals surface area (Å²) in [5.41, 5.74) is 1.07. The molecule has 2 aliphatic heterocycles. The molecule has 0 radical (unpaired) electrons. The largest absolute Gasteiger partial charge is 0.389 e. The number of aryl methyl sites for hydroxylation is 1. The Morgan fingerprint density at radius 2 is 2.17 bits per heavy atom. The Bertz CT molecular complexity index is 529. The van der Waals surface area contributed by atoms with Crippen molar-refractivity contribution in [3.8, 4) is 0 Å². The summed E-state index contributed by atoms with van der Waals surface area (Å²) in [7, 11) is 0. The van der Waals surface area contributed by atoms with E-state index >= 15 is 0 Å². The summed E-state index contributed by atoms with van der Waals surface area (Å²) in [6, 6.07) is -0.378. The molecular formula is C17H27N3O3. The summed E-state index contributed by atoms with van der Waals surface area (Å²) in [6.45, 7) is 3.49. The molecule has 23 heavy (non-hydrogen) atoms. The number of aliphatic hydroxyl groups is 1. The average molecular weight is 321 g/mol. The second-order valence-corrected chi connectivity index (χ2v) is 7.29. The second-order valence-electron chi connectivity index (χ2n) is 7.29. The number of aliphatic hydroxyl groups excluding tert-OH is 1. The van der Waals surface area contributed by atoms with Crippen LogP contribution < -0.4 is 5.32 Å². The maximum atomic E-state index is 10.9. The first-order valence-electron chi connectivity index (χ1n) is 8.91. The monoisotopic (exact) mass is 321 g/mol. The Morgan fingerprint density at radius 1 is 1.35 bits per heavy atom. The molecule has 1 saturated carbocycles. The number of aromatic nitrogens is 2. The summed E-state index contributed by atoms with van der Waals surface area (Å²) in [5, 5.41) is 18.9. The molecule has 6 nitrogen and oxygen atoms in total. The Hall–Kier alpha value is -0.950. The first kappa shape index (κ1) is 15.6. The molecule has 3 heterocycles. The van der Waals surface area contributed by atoms with E-state index in [0.29, 0.717) is 6.61 Å². The van der Waals surface area contributed by atoms with Gasteiger partial charge in [0.1, 0.15) is 12.1 Å². The summed E-state index contributed by atoms with van der Waals surface area (Å²) in [6.07, 6.45) is 9.35. The zero-order chi connectivity index (χ0) is 15.8. The van der Waals surface area contributed by atoms with Gasteiger partial charge in [0.2, 0.25) is 0 Å². The van der Waals surface area contributed by atoms with Crippen molar-refractivity contribution < 1.29 is 14.6 Å². The molecule has 0 unspecified atom stereocenters. The van der Waals surface area contributed by atoms with E-state index in [9.17, 15) is 5.11 Å². The molecule has 1 aromatic heterocycles. The van der Waals surface area contributed by atoms with E-state index in [1.165, 1.54) is 32.1 Å². The van der Waals surface area contributed by atoms with E-state index < -0.39 is 12.4 Å². The van der Waals surface area contributed by atoms with Crippen LogP contribution in [-0.4, -0.2) is 52.6 Å². The van der Waals surface area contributed by atoms with Crippen LogP contribution in [0.25, 0.3) is 0 Å². The van der Waals surface area contributed by atoms with Crippen molar-refractivity contribution in [3.05, 3.63) is 18.0 Å². The highest BCUT2D eigenvalue weighted by atomic mass is 16.7. The molecule has 3 fully saturated rings. The van der Waals surface area contributed by atoms with Gasteiger partial charge in [-0.1, -0.05) is 19.3 Å². The van der Waals surface area contributed by atoms with Crippen molar-refractivity contribution in [3.63, 3.8) is 0 Å². The highest BCUT2D eigenvalue weighted by Gasteiger charge is 2.51. The van der Waals surface area contributed by atoms with Gasteiger partial charge in [0.05, 0.1) is 24.9 Å². The lowest BCUT2D eigenvalue weighted by atomic mass is 9.88. The lowest BCUT2D eigenvalue weighted by molar-refractivity contribution is -0.168. The van der Waals surface area contributed by atoms with Crippen molar-refractivity contribution in [2.75, 3.05) is 13.2 Å². The van der Waals surface area contributed by atoms with E-state index in [0.717, 1.165) is 18.0 Å². The maximum Gasteiger partial charge on any atom is 0.183 e. The van der Waals surface area contributed by atoms with Crippen LogP contribution in [0.5, 0.6) is 0 Å². The Kier molecular flexibility index (Phi) is 4.41. The van der Waals surface area contributed by atoms with E-state index in [-0.39, 0.29) is 18.2 Å². The molecule has 128 valence electrons. The number of fused-ring (bicyclic) bond motifs is 2. The van der Waals surface area contributed by atoms with Crippen molar-refractivity contribution in [1.29, 1.82) is 0 Å². The van der Waals surface area contributed by atoms with Gasteiger partial charge in [0.15, 0.2) is 6.29 Å². The normalized spacial score (nSPS) is 38.1. The van der Waals surface area contributed by atoms with Crippen molar-refractivity contribution in [2.24, 2.45) is 5.92 Å². The third-order valence-electron chi connectivity index (χ3n) is 5.53. The summed E-state index contributed by atoms with van der Waals surface area (Å²) in [5.74, 6) is 0.724. The molecule has 2 N–H and O–H groups in total. The van der Waals surface area contributed by atoms with Crippen LogP contribution in [0.1, 0.15) is 43.7 Å². The molecule has 4 rings (SSSR count). The van der Waals surface area contributed by atoms with E-state index in [4.69, 9.17) is 9.47 Å². The Balaban J connectivity index is 1.45.